The van der Waals surface area contributed by atoms with Gasteiger partial charge in [-0.2, -0.15) is 5.10 Å². The van der Waals surface area contributed by atoms with Gasteiger partial charge in [-0.05, 0) is 13.2 Å². The van der Waals surface area contributed by atoms with Crippen molar-refractivity contribution in [2.24, 2.45) is 7.05 Å². The summed E-state index contributed by atoms with van der Waals surface area (Å²) in [6, 6.07) is 0. The Morgan fingerprint density at radius 2 is 2.17 bits per heavy atom. The van der Waals surface area contributed by atoms with Gasteiger partial charge >= 0.3 is 0 Å². The first-order chi connectivity index (χ1) is 11.6. The smallest absolute Gasteiger partial charge is 0.248 e. The van der Waals surface area contributed by atoms with Crippen molar-refractivity contribution in [3.63, 3.8) is 0 Å². The molecule has 2 aromatic rings. The van der Waals surface area contributed by atoms with Gasteiger partial charge in [0.15, 0.2) is 11.0 Å². The topological polar surface area (TPSA) is 78.1 Å². The average Bonchev–Trinajstić information content (AvgIpc) is 3.15. The Morgan fingerprint density at radius 1 is 1.38 bits per heavy atom. The van der Waals surface area contributed by atoms with Crippen molar-refractivity contribution in [3.8, 4) is 11.5 Å². The molecule has 8 nitrogen and oxygen atoms in total. The van der Waals surface area contributed by atoms with Gasteiger partial charge in [0.1, 0.15) is 12.3 Å². The second kappa shape index (κ2) is 6.94. The molecule has 1 amide bonds. The Morgan fingerprint density at radius 3 is 2.83 bits per heavy atom. The minimum Gasteiger partial charge on any atom is -0.375 e. The van der Waals surface area contributed by atoms with E-state index in [-0.39, 0.29) is 12.5 Å². The largest absolute Gasteiger partial charge is 0.375 e. The minimum atomic E-state index is -0.000265. The molecule has 9 heteroatoms. The molecule has 0 N–H and O–H groups in total. The highest BCUT2D eigenvalue weighted by Crippen LogP contribution is 2.30. The van der Waals surface area contributed by atoms with Crippen LogP contribution in [-0.2, 0) is 36.1 Å². The number of ether oxygens (including phenoxy) is 1. The van der Waals surface area contributed by atoms with E-state index in [2.05, 4.69) is 26.8 Å². The first-order valence-corrected chi connectivity index (χ1v) is 9.12. The van der Waals surface area contributed by atoms with E-state index in [1.54, 1.807) is 11.8 Å². The molecule has 3 heterocycles. The van der Waals surface area contributed by atoms with Gasteiger partial charge in [0, 0.05) is 51.5 Å². The summed E-state index contributed by atoms with van der Waals surface area (Å²) < 4.78 is 8.94. The fourth-order valence-corrected chi connectivity index (χ4v) is 3.66. The lowest BCUT2D eigenvalue weighted by Gasteiger charge is -2.27. The molecule has 0 radical (unpaired) electrons. The lowest BCUT2D eigenvalue weighted by Crippen LogP contribution is -2.38. The third-order valence-corrected chi connectivity index (χ3v) is 4.96. The van der Waals surface area contributed by atoms with Gasteiger partial charge in [-0.15, -0.1) is 10.2 Å². The van der Waals surface area contributed by atoms with E-state index in [0.29, 0.717) is 13.1 Å². The first kappa shape index (κ1) is 17.0. The number of amides is 1. The zero-order valence-electron chi connectivity index (χ0n) is 14.4. The molecule has 0 fully saturated rings. The molecule has 1 aliphatic rings. The Balaban J connectivity index is 2.01. The molecular formula is C15H22N6O2S. The average molecular weight is 350 g/mol. The summed E-state index contributed by atoms with van der Waals surface area (Å²) in [5, 5.41) is 14.1. The van der Waals surface area contributed by atoms with Crippen LogP contribution in [0.4, 0.5) is 0 Å². The van der Waals surface area contributed by atoms with Crippen LogP contribution in [0.3, 0.4) is 0 Å². The molecular weight excluding hydrogens is 328 g/mol. The number of carbonyl (C=O) groups is 1. The molecule has 0 spiro atoms. The van der Waals surface area contributed by atoms with Crippen molar-refractivity contribution in [1.29, 1.82) is 0 Å². The lowest BCUT2D eigenvalue weighted by molar-refractivity contribution is -0.136. The molecule has 0 atom stereocenters. The molecule has 0 saturated carbocycles. The second-order valence-electron chi connectivity index (χ2n) is 5.65. The van der Waals surface area contributed by atoms with Gasteiger partial charge in [0.25, 0.3) is 0 Å². The van der Waals surface area contributed by atoms with Crippen LogP contribution >= 0.6 is 11.8 Å². The fraction of sp³-hybridized carbons (Fsp3) is 0.600. The number of hydrogen-bond acceptors (Lipinski definition) is 6. The molecule has 0 aromatic carbocycles. The van der Waals surface area contributed by atoms with Crippen molar-refractivity contribution < 1.29 is 9.53 Å². The summed E-state index contributed by atoms with van der Waals surface area (Å²) in [7, 11) is 3.48. The quantitative estimate of drug-likeness (QED) is 0.747. The van der Waals surface area contributed by atoms with Crippen LogP contribution < -0.4 is 0 Å². The van der Waals surface area contributed by atoms with E-state index in [1.165, 1.54) is 7.11 Å². The Hall–Kier alpha value is -1.87. The molecule has 0 saturated heterocycles. The van der Waals surface area contributed by atoms with Crippen molar-refractivity contribution in [2.45, 2.75) is 31.6 Å². The Labute approximate surface area is 145 Å². The Bertz CT molecular complexity index is 753. The van der Waals surface area contributed by atoms with E-state index in [9.17, 15) is 4.79 Å². The molecule has 1 aliphatic heterocycles. The van der Waals surface area contributed by atoms with Gasteiger partial charge in [0.05, 0.1) is 0 Å². The second-order valence-corrected chi connectivity index (χ2v) is 6.42. The number of hydrogen-bond donors (Lipinski definition) is 0. The number of methoxy groups -OCH3 is 1. The normalized spacial score (nSPS) is 14.1. The number of nitrogens with zero attached hydrogens (tertiary/aromatic N) is 6. The summed E-state index contributed by atoms with van der Waals surface area (Å²) in [5.41, 5.74) is 3.03. The van der Waals surface area contributed by atoms with Gasteiger partial charge in [-0.1, -0.05) is 11.8 Å². The third-order valence-electron chi connectivity index (χ3n) is 4.29. The van der Waals surface area contributed by atoms with E-state index in [1.807, 2.05) is 22.9 Å². The van der Waals surface area contributed by atoms with Crippen LogP contribution in [-0.4, -0.2) is 61.9 Å². The maximum absolute atomic E-state index is 12.2. The predicted molar refractivity (Wildman–Crippen MR) is 90.7 cm³/mol. The van der Waals surface area contributed by atoms with Crippen LogP contribution in [0.15, 0.2) is 5.16 Å². The van der Waals surface area contributed by atoms with E-state index < -0.39 is 0 Å². The van der Waals surface area contributed by atoms with Crippen molar-refractivity contribution in [2.75, 3.05) is 26.5 Å². The van der Waals surface area contributed by atoms with Crippen molar-refractivity contribution in [3.05, 3.63) is 11.3 Å². The zero-order valence-corrected chi connectivity index (χ0v) is 15.3. The summed E-state index contributed by atoms with van der Waals surface area (Å²) in [5.74, 6) is 0.763. The standard InChI is InChI=1S/C15H22N6O2S/c1-5-21-14(16-17-15(21)24-4)13-10-8-20(12(22)9-23-3)7-6-11(10)19(2)18-13/h5-9H2,1-4H3. The highest BCUT2D eigenvalue weighted by Gasteiger charge is 2.29. The molecule has 3 rings (SSSR count). The number of carbonyl (C=O) groups excluding carboxylic acids is 1. The van der Waals surface area contributed by atoms with Gasteiger partial charge in [-0.25, -0.2) is 0 Å². The predicted octanol–water partition coefficient (Wildman–Crippen LogP) is 0.951. The summed E-state index contributed by atoms with van der Waals surface area (Å²) in [6.07, 6.45) is 2.77. The van der Waals surface area contributed by atoms with Crippen LogP contribution in [0.2, 0.25) is 0 Å². The molecule has 0 aliphatic carbocycles. The molecule has 130 valence electrons. The summed E-state index contributed by atoms with van der Waals surface area (Å²) >= 11 is 1.57. The lowest BCUT2D eigenvalue weighted by atomic mass is 10.0. The summed E-state index contributed by atoms with van der Waals surface area (Å²) in [4.78, 5) is 14.0. The van der Waals surface area contributed by atoms with Crippen LogP contribution in [0.25, 0.3) is 11.5 Å². The maximum atomic E-state index is 12.2. The van der Waals surface area contributed by atoms with Gasteiger partial charge in [-0.3, -0.25) is 9.48 Å². The summed E-state index contributed by atoms with van der Waals surface area (Å²) in [6.45, 7) is 4.16. The molecule has 0 unspecified atom stereocenters. The Kier molecular flexibility index (Phi) is 4.91. The van der Waals surface area contributed by atoms with E-state index in [4.69, 9.17) is 4.74 Å². The van der Waals surface area contributed by atoms with Crippen molar-refractivity contribution >= 4 is 17.7 Å². The highest BCUT2D eigenvalue weighted by atomic mass is 32.2. The molecule has 2 aromatic heterocycles. The number of aromatic nitrogens is 5. The van der Waals surface area contributed by atoms with Crippen LogP contribution in [0.1, 0.15) is 18.2 Å². The highest BCUT2D eigenvalue weighted by molar-refractivity contribution is 7.98. The van der Waals surface area contributed by atoms with Crippen LogP contribution in [0.5, 0.6) is 0 Å². The monoisotopic (exact) mass is 350 g/mol. The number of aryl methyl sites for hydroxylation is 1. The van der Waals surface area contributed by atoms with E-state index >= 15 is 0 Å². The maximum Gasteiger partial charge on any atom is 0.248 e. The SMILES string of the molecule is CCn1c(SC)nnc1-c1nn(C)c2c1CN(C(=O)COC)CC2. The van der Waals surface area contributed by atoms with Crippen LogP contribution in [0, 0.1) is 0 Å². The van der Waals surface area contributed by atoms with Gasteiger partial charge in [0.2, 0.25) is 5.91 Å². The minimum absolute atomic E-state index is 0.000265. The zero-order chi connectivity index (χ0) is 17.3. The molecule has 0 bridgehead atoms. The van der Waals surface area contributed by atoms with E-state index in [0.717, 1.165) is 40.9 Å². The number of rotatable bonds is 5. The number of thioether (sulfide) groups is 1. The first-order valence-electron chi connectivity index (χ1n) is 7.89. The fourth-order valence-electron chi connectivity index (χ4n) is 3.10. The third kappa shape index (κ3) is 2.82. The molecule has 24 heavy (non-hydrogen) atoms. The van der Waals surface area contributed by atoms with Crippen molar-refractivity contribution in [1.82, 2.24) is 29.4 Å². The van der Waals surface area contributed by atoms with Gasteiger partial charge < -0.3 is 14.2 Å². The number of fused-ring (bicyclic) bond motifs is 1.